The Morgan fingerprint density at radius 1 is 1.04 bits per heavy atom. The zero-order chi connectivity index (χ0) is 19.7. The van der Waals surface area contributed by atoms with E-state index < -0.39 is 6.04 Å². The predicted molar refractivity (Wildman–Crippen MR) is 107 cm³/mol. The molecule has 0 bridgehead atoms. The molecule has 0 unspecified atom stereocenters. The van der Waals surface area contributed by atoms with Gasteiger partial charge < -0.3 is 15.4 Å². The van der Waals surface area contributed by atoms with E-state index >= 15 is 0 Å². The van der Waals surface area contributed by atoms with Gasteiger partial charge in [0, 0.05) is 17.7 Å². The average molecular weight is 376 g/mol. The van der Waals surface area contributed by atoms with Crippen LogP contribution in [0.4, 0.5) is 4.79 Å². The lowest BCUT2D eigenvalue weighted by atomic mass is 9.73. The van der Waals surface area contributed by atoms with Gasteiger partial charge in [-0.25, -0.2) is 4.79 Å². The summed E-state index contributed by atoms with van der Waals surface area (Å²) < 4.78 is 5.92. The average Bonchev–Trinajstić information content (AvgIpc) is 2.65. The molecule has 28 heavy (non-hydrogen) atoms. The van der Waals surface area contributed by atoms with Crippen molar-refractivity contribution >= 4 is 11.8 Å². The van der Waals surface area contributed by atoms with Crippen LogP contribution in [0.1, 0.15) is 43.9 Å². The lowest BCUT2D eigenvalue weighted by Crippen LogP contribution is -2.48. The molecule has 1 atom stereocenters. The highest BCUT2D eigenvalue weighted by molar-refractivity contribution is 6.01. The van der Waals surface area contributed by atoms with E-state index in [0.29, 0.717) is 30.8 Å². The molecule has 0 radical (unpaired) electrons. The second kappa shape index (κ2) is 7.15. The van der Waals surface area contributed by atoms with Crippen molar-refractivity contribution in [2.75, 3.05) is 0 Å². The Bertz CT molecular complexity index is 947. The molecule has 1 heterocycles. The molecule has 1 aliphatic heterocycles. The first-order valence-corrected chi connectivity index (χ1v) is 9.52. The van der Waals surface area contributed by atoms with Gasteiger partial charge in [-0.1, -0.05) is 56.3 Å². The second-order valence-electron chi connectivity index (χ2n) is 8.21. The van der Waals surface area contributed by atoms with Crippen molar-refractivity contribution in [3.8, 4) is 5.75 Å². The summed E-state index contributed by atoms with van der Waals surface area (Å²) in [6.07, 6.45) is 1.16. The van der Waals surface area contributed by atoms with E-state index in [0.717, 1.165) is 16.8 Å². The third kappa shape index (κ3) is 3.79. The number of ketones is 1. The molecule has 5 nitrogen and oxygen atoms in total. The number of Topliss-reactive ketones (excluding diaryl/α,β-unsaturated/α-hetero) is 1. The maximum atomic E-state index is 12.8. The van der Waals surface area contributed by atoms with Gasteiger partial charge in [-0.15, -0.1) is 0 Å². The fraction of sp³-hybridized carbons (Fsp3) is 0.304. The Morgan fingerprint density at radius 2 is 1.82 bits per heavy atom. The Hall–Kier alpha value is -3.08. The quantitative estimate of drug-likeness (QED) is 0.838. The van der Waals surface area contributed by atoms with E-state index in [1.807, 2.05) is 54.6 Å². The molecule has 2 aromatic rings. The van der Waals surface area contributed by atoms with Gasteiger partial charge in [0.1, 0.15) is 12.4 Å². The monoisotopic (exact) mass is 376 g/mol. The maximum Gasteiger partial charge on any atom is 0.319 e. The van der Waals surface area contributed by atoms with Crippen molar-refractivity contribution in [3.63, 3.8) is 0 Å². The summed E-state index contributed by atoms with van der Waals surface area (Å²) in [6.45, 7) is 4.57. The number of allylic oxidation sites excluding steroid dienone is 1. The van der Waals surface area contributed by atoms with E-state index in [1.165, 1.54) is 0 Å². The standard InChI is InChI=1S/C23H24N2O3/c1-23(2)12-18-20(19(26)13-23)21(25-22(27)24-18)16-9-6-10-17(11-16)28-14-15-7-4-3-5-8-15/h3-11,21H,12-14H2,1-2H3,(H2,24,25,27)/t21-/m1/s1. The summed E-state index contributed by atoms with van der Waals surface area (Å²) in [5.74, 6) is 0.791. The Kier molecular flexibility index (Phi) is 4.67. The van der Waals surface area contributed by atoms with E-state index in [4.69, 9.17) is 4.74 Å². The molecule has 2 aliphatic rings. The number of amides is 2. The number of ether oxygens (including phenoxy) is 1. The first-order chi connectivity index (χ1) is 13.4. The van der Waals surface area contributed by atoms with Crippen LogP contribution in [0.15, 0.2) is 65.9 Å². The topological polar surface area (TPSA) is 67.4 Å². The minimum absolute atomic E-state index is 0.0827. The summed E-state index contributed by atoms with van der Waals surface area (Å²) in [5, 5.41) is 5.75. The molecule has 2 N–H and O–H groups in total. The number of benzene rings is 2. The van der Waals surface area contributed by atoms with Crippen molar-refractivity contribution in [3.05, 3.63) is 77.0 Å². The third-order valence-corrected chi connectivity index (χ3v) is 5.19. The molecular formula is C23H24N2O3. The molecule has 0 fully saturated rings. The van der Waals surface area contributed by atoms with Crippen LogP contribution in [0, 0.1) is 5.41 Å². The smallest absolute Gasteiger partial charge is 0.319 e. The Morgan fingerprint density at radius 3 is 2.61 bits per heavy atom. The zero-order valence-electron chi connectivity index (χ0n) is 16.1. The minimum atomic E-state index is -0.451. The zero-order valence-corrected chi connectivity index (χ0v) is 16.1. The lowest BCUT2D eigenvalue weighted by Gasteiger charge is -2.38. The highest BCUT2D eigenvalue weighted by Crippen LogP contribution is 2.41. The highest BCUT2D eigenvalue weighted by Gasteiger charge is 2.40. The van der Waals surface area contributed by atoms with Crippen LogP contribution >= 0.6 is 0 Å². The Labute approximate surface area is 164 Å². The van der Waals surface area contributed by atoms with Crippen LogP contribution in [0.2, 0.25) is 0 Å². The fourth-order valence-electron chi connectivity index (χ4n) is 3.93. The molecule has 2 aromatic carbocycles. The third-order valence-electron chi connectivity index (χ3n) is 5.19. The van der Waals surface area contributed by atoms with Crippen LogP contribution in [-0.2, 0) is 11.4 Å². The molecule has 0 aromatic heterocycles. The van der Waals surface area contributed by atoms with Gasteiger partial charge in [0.25, 0.3) is 0 Å². The number of hydrogen-bond donors (Lipinski definition) is 2. The summed E-state index contributed by atoms with van der Waals surface area (Å²) in [4.78, 5) is 25.1. The number of rotatable bonds is 4. The van der Waals surface area contributed by atoms with Gasteiger partial charge in [-0.3, -0.25) is 4.79 Å². The first kappa shape index (κ1) is 18.3. The number of hydrogen-bond acceptors (Lipinski definition) is 3. The molecule has 5 heteroatoms. The van der Waals surface area contributed by atoms with Crippen LogP contribution in [0.3, 0.4) is 0 Å². The van der Waals surface area contributed by atoms with E-state index in [1.54, 1.807) is 0 Å². The summed E-state index contributed by atoms with van der Waals surface area (Å²) in [7, 11) is 0. The van der Waals surface area contributed by atoms with Gasteiger partial charge in [0.2, 0.25) is 0 Å². The van der Waals surface area contributed by atoms with E-state index in [2.05, 4.69) is 24.5 Å². The van der Waals surface area contributed by atoms with E-state index in [-0.39, 0.29) is 17.2 Å². The van der Waals surface area contributed by atoms with Crippen LogP contribution in [0.25, 0.3) is 0 Å². The molecule has 144 valence electrons. The molecule has 1 aliphatic carbocycles. The predicted octanol–water partition coefficient (Wildman–Crippen LogP) is 4.26. The van der Waals surface area contributed by atoms with Crippen LogP contribution in [0.5, 0.6) is 5.75 Å². The molecular weight excluding hydrogens is 352 g/mol. The SMILES string of the molecule is CC1(C)CC(=O)C2=C(C1)NC(=O)N[C@@H]2c1cccc(OCc2ccccc2)c1. The van der Waals surface area contributed by atoms with Crippen LogP contribution in [-0.4, -0.2) is 11.8 Å². The van der Waals surface area contributed by atoms with Gasteiger partial charge in [0.15, 0.2) is 5.78 Å². The number of carbonyl (C=O) groups is 2. The van der Waals surface area contributed by atoms with Crippen LogP contribution < -0.4 is 15.4 Å². The van der Waals surface area contributed by atoms with Crippen molar-refractivity contribution in [2.24, 2.45) is 5.41 Å². The van der Waals surface area contributed by atoms with Gasteiger partial charge >= 0.3 is 6.03 Å². The highest BCUT2D eigenvalue weighted by atomic mass is 16.5. The van der Waals surface area contributed by atoms with Gasteiger partial charge in [0.05, 0.1) is 6.04 Å². The van der Waals surface area contributed by atoms with Gasteiger partial charge in [-0.2, -0.15) is 0 Å². The van der Waals surface area contributed by atoms with Crippen molar-refractivity contribution in [1.29, 1.82) is 0 Å². The molecule has 0 saturated heterocycles. The summed E-state index contributed by atoms with van der Waals surface area (Å²) in [5.41, 5.74) is 3.19. The summed E-state index contributed by atoms with van der Waals surface area (Å²) in [6, 6.07) is 16.8. The number of urea groups is 1. The van der Waals surface area contributed by atoms with Crippen molar-refractivity contribution in [2.45, 2.75) is 39.3 Å². The fourth-order valence-corrected chi connectivity index (χ4v) is 3.93. The molecule has 2 amide bonds. The maximum absolute atomic E-state index is 12.8. The number of carbonyl (C=O) groups excluding carboxylic acids is 2. The largest absolute Gasteiger partial charge is 0.489 e. The molecule has 0 saturated carbocycles. The normalized spacial score (nSPS) is 20.9. The Balaban J connectivity index is 1.61. The first-order valence-electron chi connectivity index (χ1n) is 9.52. The number of nitrogens with one attached hydrogen (secondary N) is 2. The minimum Gasteiger partial charge on any atom is -0.489 e. The van der Waals surface area contributed by atoms with Crippen molar-refractivity contribution in [1.82, 2.24) is 10.6 Å². The second-order valence-corrected chi connectivity index (χ2v) is 8.21. The van der Waals surface area contributed by atoms with Crippen molar-refractivity contribution < 1.29 is 14.3 Å². The molecule has 4 rings (SSSR count). The summed E-state index contributed by atoms with van der Waals surface area (Å²) >= 11 is 0. The van der Waals surface area contributed by atoms with E-state index in [9.17, 15) is 9.59 Å². The lowest BCUT2D eigenvalue weighted by molar-refractivity contribution is -0.118. The van der Waals surface area contributed by atoms with Gasteiger partial charge in [-0.05, 0) is 35.1 Å². The molecule has 0 spiro atoms.